The van der Waals surface area contributed by atoms with Crippen LogP contribution >= 0.6 is 0 Å². The first kappa shape index (κ1) is 12.4. The Morgan fingerprint density at radius 2 is 2.15 bits per heavy atom. The Balaban J connectivity index is 3.93. The lowest BCUT2D eigenvalue weighted by Gasteiger charge is -2.20. The predicted octanol–water partition coefficient (Wildman–Crippen LogP) is 0.549. The highest BCUT2D eigenvalue weighted by Gasteiger charge is 2.19. The molecular weight excluding hydrogens is 170 g/mol. The van der Waals surface area contributed by atoms with Crippen LogP contribution < -0.4 is 5.73 Å². The summed E-state index contributed by atoms with van der Waals surface area (Å²) in [6.45, 7) is 4.92. The van der Waals surface area contributed by atoms with Gasteiger partial charge in [-0.3, -0.25) is 4.79 Å². The highest BCUT2D eigenvalue weighted by molar-refractivity contribution is 5.69. The lowest BCUT2D eigenvalue weighted by atomic mass is 10.00. The van der Waals surface area contributed by atoms with Crippen LogP contribution in [-0.4, -0.2) is 32.3 Å². The SMILES string of the molecule is CCOC(C)C(CN)CC(=O)OC. The summed E-state index contributed by atoms with van der Waals surface area (Å²) in [4.78, 5) is 11.0. The molecular formula is C9H19NO3. The van der Waals surface area contributed by atoms with Crippen LogP contribution in [0.25, 0.3) is 0 Å². The van der Waals surface area contributed by atoms with Crippen LogP contribution in [0.5, 0.6) is 0 Å². The molecule has 2 N–H and O–H groups in total. The fourth-order valence-electron chi connectivity index (χ4n) is 1.14. The number of carbonyl (C=O) groups excluding carboxylic acids is 1. The van der Waals surface area contributed by atoms with E-state index in [4.69, 9.17) is 10.5 Å². The Kier molecular flexibility index (Phi) is 6.54. The lowest BCUT2D eigenvalue weighted by molar-refractivity contribution is -0.143. The minimum atomic E-state index is -0.234. The molecule has 2 atom stereocenters. The minimum absolute atomic E-state index is 0.00843. The molecule has 2 unspecified atom stereocenters. The number of hydrogen-bond acceptors (Lipinski definition) is 4. The molecule has 0 bridgehead atoms. The van der Waals surface area contributed by atoms with E-state index in [9.17, 15) is 4.79 Å². The zero-order valence-corrected chi connectivity index (χ0v) is 8.58. The van der Waals surface area contributed by atoms with Crippen molar-refractivity contribution in [3.8, 4) is 0 Å². The van der Waals surface area contributed by atoms with Crippen LogP contribution in [-0.2, 0) is 14.3 Å². The van der Waals surface area contributed by atoms with Crippen LogP contribution in [0.2, 0.25) is 0 Å². The highest BCUT2D eigenvalue weighted by Crippen LogP contribution is 2.11. The van der Waals surface area contributed by atoms with Crippen LogP contribution in [0.3, 0.4) is 0 Å². The van der Waals surface area contributed by atoms with E-state index in [0.717, 1.165) is 0 Å². The van der Waals surface area contributed by atoms with Gasteiger partial charge in [-0.05, 0) is 20.4 Å². The first-order valence-electron chi connectivity index (χ1n) is 4.54. The summed E-state index contributed by atoms with van der Waals surface area (Å²) in [5.41, 5.74) is 5.52. The van der Waals surface area contributed by atoms with E-state index >= 15 is 0 Å². The molecule has 0 aliphatic carbocycles. The van der Waals surface area contributed by atoms with Gasteiger partial charge in [0.2, 0.25) is 0 Å². The molecule has 0 aromatic rings. The fraction of sp³-hybridized carbons (Fsp3) is 0.889. The molecule has 0 spiro atoms. The van der Waals surface area contributed by atoms with Crippen molar-refractivity contribution in [3.63, 3.8) is 0 Å². The molecule has 4 heteroatoms. The van der Waals surface area contributed by atoms with Crippen molar-refractivity contribution in [3.05, 3.63) is 0 Å². The standard InChI is InChI=1S/C9H19NO3/c1-4-13-7(2)8(6-10)5-9(11)12-3/h7-8H,4-6,10H2,1-3H3. The summed E-state index contributed by atoms with van der Waals surface area (Å²) < 4.78 is 9.91. The Bertz CT molecular complexity index is 150. The zero-order chi connectivity index (χ0) is 10.3. The van der Waals surface area contributed by atoms with Crippen LogP contribution in [0.15, 0.2) is 0 Å². The molecule has 0 fully saturated rings. The molecule has 0 aromatic carbocycles. The average Bonchev–Trinajstić information content (AvgIpc) is 2.14. The maximum absolute atomic E-state index is 11.0. The first-order chi connectivity index (χ1) is 6.15. The van der Waals surface area contributed by atoms with E-state index < -0.39 is 0 Å². The Morgan fingerprint density at radius 1 is 1.54 bits per heavy atom. The van der Waals surface area contributed by atoms with Gasteiger partial charge < -0.3 is 15.2 Å². The normalized spacial score (nSPS) is 15.1. The number of methoxy groups -OCH3 is 1. The molecule has 0 saturated carbocycles. The van der Waals surface area contributed by atoms with E-state index in [-0.39, 0.29) is 18.0 Å². The van der Waals surface area contributed by atoms with Crippen molar-refractivity contribution in [2.75, 3.05) is 20.3 Å². The second kappa shape index (κ2) is 6.86. The third-order valence-electron chi connectivity index (χ3n) is 2.05. The Hall–Kier alpha value is -0.610. The molecule has 0 aliphatic rings. The molecule has 0 radical (unpaired) electrons. The molecule has 0 aliphatic heterocycles. The number of ether oxygens (including phenoxy) is 2. The molecule has 13 heavy (non-hydrogen) atoms. The number of hydrogen-bond donors (Lipinski definition) is 1. The van der Waals surface area contributed by atoms with Gasteiger partial charge in [-0.2, -0.15) is 0 Å². The van der Waals surface area contributed by atoms with Gasteiger partial charge >= 0.3 is 5.97 Å². The van der Waals surface area contributed by atoms with Crippen molar-refractivity contribution in [2.24, 2.45) is 11.7 Å². The minimum Gasteiger partial charge on any atom is -0.469 e. The molecule has 0 rings (SSSR count). The van der Waals surface area contributed by atoms with Gasteiger partial charge in [0.25, 0.3) is 0 Å². The van der Waals surface area contributed by atoms with Crippen molar-refractivity contribution in [1.82, 2.24) is 0 Å². The van der Waals surface area contributed by atoms with Crippen molar-refractivity contribution >= 4 is 5.97 Å². The van der Waals surface area contributed by atoms with Gasteiger partial charge in [0.05, 0.1) is 19.6 Å². The lowest BCUT2D eigenvalue weighted by Crippen LogP contribution is -2.30. The second-order valence-electron chi connectivity index (χ2n) is 2.94. The van der Waals surface area contributed by atoms with Gasteiger partial charge in [-0.15, -0.1) is 0 Å². The second-order valence-corrected chi connectivity index (χ2v) is 2.94. The number of carbonyl (C=O) groups is 1. The van der Waals surface area contributed by atoms with E-state index in [1.807, 2.05) is 13.8 Å². The average molecular weight is 189 g/mol. The van der Waals surface area contributed by atoms with Gasteiger partial charge in [0.1, 0.15) is 0 Å². The maximum atomic E-state index is 11.0. The fourth-order valence-corrected chi connectivity index (χ4v) is 1.14. The third kappa shape index (κ3) is 4.85. The molecule has 0 saturated heterocycles. The first-order valence-corrected chi connectivity index (χ1v) is 4.54. The van der Waals surface area contributed by atoms with Gasteiger partial charge in [0, 0.05) is 12.5 Å². The molecule has 0 amide bonds. The number of rotatable bonds is 6. The van der Waals surface area contributed by atoms with E-state index in [1.165, 1.54) is 7.11 Å². The van der Waals surface area contributed by atoms with E-state index in [0.29, 0.717) is 19.6 Å². The quantitative estimate of drug-likeness (QED) is 0.620. The van der Waals surface area contributed by atoms with Gasteiger partial charge in [-0.25, -0.2) is 0 Å². The maximum Gasteiger partial charge on any atom is 0.305 e. The predicted molar refractivity (Wildman–Crippen MR) is 50.3 cm³/mol. The summed E-state index contributed by atoms with van der Waals surface area (Å²) in [7, 11) is 1.38. The summed E-state index contributed by atoms with van der Waals surface area (Å²) in [6, 6.07) is 0. The van der Waals surface area contributed by atoms with Crippen molar-refractivity contribution in [1.29, 1.82) is 0 Å². The van der Waals surface area contributed by atoms with Gasteiger partial charge in [0.15, 0.2) is 0 Å². The third-order valence-corrected chi connectivity index (χ3v) is 2.05. The summed E-state index contributed by atoms with van der Waals surface area (Å²) in [6.07, 6.45) is 0.336. The summed E-state index contributed by atoms with van der Waals surface area (Å²) in [5, 5.41) is 0. The molecule has 0 heterocycles. The molecule has 78 valence electrons. The topological polar surface area (TPSA) is 61.5 Å². The Morgan fingerprint density at radius 3 is 2.54 bits per heavy atom. The van der Waals surface area contributed by atoms with E-state index in [2.05, 4.69) is 4.74 Å². The zero-order valence-electron chi connectivity index (χ0n) is 8.58. The van der Waals surface area contributed by atoms with Crippen molar-refractivity contribution < 1.29 is 14.3 Å². The van der Waals surface area contributed by atoms with Crippen molar-refractivity contribution in [2.45, 2.75) is 26.4 Å². The smallest absolute Gasteiger partial charge is 0.305 e. The largest absolute Gasteiger partial charge is 0.469 e. The van der Waals surface area contributed by atoms with Gasteiger partial charge in [-0.1, -0.05) is 0 Å². The van der Waals surface area contributed by atoms with Crippen LogP contribution in [0.4, 0.5) is 0 Å². The number of nitrogens with two attached hydrogens (primary N) is 1. The highest BCUT2D eigenvalue weighted by atomic mass is 16.5. The molecule has 0 aromatic heterocycles. The van der Waals surface area contributed by atoms with Crippen LogP contribution in [0, 0.1) is 5.92 Å². The molecule has 4 nitrogen and oxygen atoms in total. The monoisotopic (exact) mass is 189 g/mol. The number of esters is 1. The van der Waals surface area contributed by atoms with E-state index in [1.54, 1.807) is 0 Å². The summed E-state index contributed by atoms with van der Waals surface area (Å²) >= 11 is 0. The van der Waals surface area contributed by atoms with Crippen LogP contribution in [0.1, 0.15) is 20.3 Å². The summed E-state index contributed by atoms with van der Waals surface area (Å²) in [5.74, 6) is -0.186. The Labute approximate surface area is 79.4 Å².